The lowest BCUT2D eigenvalue weighted by atomic mass is 9.98. The minimum atomic E-state index is -3.77. The van der Waals surface area contributed by atoms with Crippen LogP contribution in [0, 0.1) is 0 Å². The van der Waals surface area contributed by atoms with Crippen molar-refractivity contribution >= 4 is 16.2 Å². The lowest BCUT2D eigenvalue weighted by molar-refractivity contribution is -0.00582. The van der Waals surface area contributed by atoms with Gasteiger partial charge >= 0.3 is 6.09 Å². The molecule has 0 heterocycles. The van der Waals surface area contributed by atoms with Crippen molar-refractivity contribution in [2.45, 2.75) is 10.8 Å². The number of fused-ring (bicyclic) bond motifs is 3. The van der Waals surface area contributed by atoms with Crippen molar-refractivity contribution in [3.63, 3.8) is 0 Å². The monoisotopic (exact) mass is 613 g/mol. The molecule has 0 radical (unpaired) electrons. The highest BCUT2D eigenvalue weighted by Crippen LogP contribution is 2.44. The van der Waals surface area contributed by atoms with E-state index in [1.807, 2.05) is 24.3 Å². The van der Waals surface area contributed by atoms with Gasteiger partial charge in [-0.05, 0) is 34.4 Å². The summed E-state index contributed by atoms with van der Waals surface area (Å²) in [5.74, 6) is 0.0283. The molecule has 4 rings (SSSR count). The van der Waals surface area contributed by atoms with E-state index in [1.165, 1.54) is 39.3 Å². The van der Waals surface area contributed by atoms with Gasteiger partial charge in [-0.3, -0.25) is 4.18 Å². The summed E-state index contributed by atoms with van der Waals surface area (Å²) in [6.45, 7) is 3.40. The van der Waals surface area contributed by atoms with Crippen LogP contribution in [0.4, 0.5) is 4.79 Å². The van der Waals surface area contributed by atoms with E-state index in [-0.39, 0.29) is 36.7 Å². The van der Waals surface area contributed by atoms with Crippen LogP contribution in [0.3, 0.4) is 0 Å². The molecule has 0 bridgehead atoms. The predicted molar refractivity (Wildman–Crippen MR) is 161 cm³/mol. The highest BCUT2D eigenvalue weighted by Gasteiger charge is 2.29. The lowest BCUT2D eigenvalue weighted by Crippen LogP contribution is -2.32. The Morgan fingerprint density at radius 3 is 1.67 bits per heavy atom. The van der Waals surface area contributed by atoms with Gasteiger partial charge in [-0.1, -0.05) is 66.7 Å². The third kappa shape index (κ3) is 9.85. The van der Waals surface area contributed by atoms with E-state index in [2.05, 4.69) is 24.3 Å². The molecule has 10 nitrogen and oxygen atoms in total. The van der Waals surface area contributed by atoms with Crippen molar-refractivity contribution in [1.82, 2.24) is 4.90 Å². The maximum Gasteiger partial charge on any atom is 0.409 e. The van der Waals surface area contributed by atoms with Gasteiger partial charge in [-0.15, -0.1) is 0 Å². The van der Waals surface area contributed by atoms with Gasteiger partial charge in [0.05, 0.1) is 64.4 Å². The summed E-state index contributed by atoms with van der Waals surface area (Å²) < 4.78 is 56.4. The van der Waals surface area contributed by atoms with E-state index in [0.717, 1.165) is 0 Å². The number of hydrogen-bond donors (Lipinski definition) is 0. The molecule has 1 aliphatic carbocycles. The van der Waals surface area contributed by atoms with Gasteiger partial charge in [0, 0.05) is 19.5 Å². The Kier molecular flexibility index (Phi) is 13.0. The first kappa shape index (κ1) is 32.6. The summed E-state index contributed by atoms with van der Waals surface area (Å²) in [6.07, 6.45) is -0.382. The van der Waals surface area contributed by atoms with Gasteiger partial charge in [0.25, 0.3) is 10.1 Å². The Balaban J connectivity index is 0.958. The van der Waals surface area contributed by atoms with E-state index in [9.17, 15) is 13.2 Å². The smallest absolute Gasteiger partial charge is 0.409 e. The number of carbonyl (C=O) groups is 1. The van der Waals surface area contributed by atoms with Crippen molar-refractivity contribution in [3.8, 4) is 11.1 Å². The third-order valence-electron chi connectivity index (χ3n) is 6.83. The number of benzene rings is 3. The van der Waals surface area contributed by atoms with E-state index in [0.29, 0.717) is 52.8 Å². The summed E-state index contributed by atoms with van der Waals surface area (Å²) in [7, 11) is -2.07. The summed E-state index contributed by atoms with van der Waals surface area (Å²) in [5, 5.41) is 0. The third-order valence-corrected chi connectivity index (χ3v) is 8.16. The molecule has 3 aromatic carbocycles. The van der Waals surface area contributed by atoms with Crippen LogP contribution >= 0.6 is 0 Å². The van der Waals surface area contributed by atoms with Crippen LogP contribution in [0.2, 0.25) is 0 Å². The van der Waals surface area contributed by atoms with Crippen LogP contribution in [0.25, 0.3) is 11.1 Å². The maximum absolute atomic E-state index is 12.6. The number of rotatable bonds is 19. The number of hydrogen-bond acceptors (Lipinski definition) is 9. The van der Waals surface area contributed by atoms with Crippen molar-refractivity contribution in [2.75, 3.05) is 79.7 Å². The number of likely N-dealkylation sites (N-methyl/N-ethyl adjacent to an activating group) is 1. The Morgan fingerprint density at radius 2 is 1.12 bits per heavy atom. The quantitative estimate of drug-likeness (QED) is 0.144. The van der Waals surface area contributed by atoms with Gasteiger partial charge in [-0.2, -0.15) is 8.42 Å². The average molecular weight is 614 g/mol. The normalized spacial score (nSPS) is 12.6. The molecule has 43 heavy (non-hydrogen) atoms. The van der Waals surface area contributed by atoms with Crippen molar-refractivity contribution in [2.24, 2.45) is 0 Å². The molecule has 0 unspecified atom stereocenters. The van der Waals surface area contributed by atoms with Crippen LogP contribution in [-0.2, 0) is 38.0 Å². The predicted octanol–water partition coefficient (Wildman–Crippen LogP) is 4.34. The highest BCUT2D eigenvalue weighted by atomic mass is 32.2. The zero-order valence-electron chi connectivity index (χ0n) is 24.4. The second-order valence-corrected chi connectivity index (χ2v) is 11.4. The molecule has 11 heteroatoms. The molecule has 232 valence electrons. The molecule has 0 fully saturated rings. The number of ether oxygens (including phenoxy) is 5. The van der Waals surface area contributed by atoms with Gasteiger partial charge in [0.1, 0.15) is 6.61 Å². The van der Waals surface area contributed by atoms with Crippen LogP contribution in [0.5, 0.6) is 0 Å². The van der Waals surface area contributed by atoms with Gasteiger partial charge in [0.2, 0.25) is 0 Å². The molecule has 3 aromatic rings. The van der Waals surface area contributed by atoms with Crippen LogP contribution in [-0.4, -0.2) is 99.1 Å². The standard InChI is InChI=1S/C32H39NO9S/c1-33(32(34)41-25-31-29-13-7-5-11-27(29)28-12-6-8-14-30(28)31)15-16-37-17-18-38-19-20-39-21-22-40-23-24-42-43(35,36)26-9-3-2-4-10-26/h2-14,31H,15-25H2,1H3. The van der Waals surface area contributed by atoms with E-state index >= 15 is 0 Å². The van der Waals surface area contributed by atoms with Gasteiger partial charge in [-0.25, -0.2) is 4.79 Å². The highest BCUT2D eigenvalue weighted by molar-refractivity contribution is 7.86. The summed E-state index contributed by atoms with van der Waals surface area (Å²) in [6, 6.07) is 24.5. The van der Waals surface area contributed by atoms with Gasteiger partial charge in [0.15, 0.2) is 0 Å². The van der Waals surface area contributed by atoms with Crippen LogP contribution < -0.4 is 0 Å². The molecule has 0 N–H and O–H groups in total. The van der Waals surface area contributed by atoms with Crippen molar-refractivity contribution in [1.29, 1.82) is 0 Å². The second kappa shape index (κ2) is 17.1. The first-order valence-corrected chi connectivity index (χ1v) is 15.7. The molecule has 1 aliphatic rings. The van der Waals surface area contributed by atoms with Crippen molar-refractivity contribution in [3.05, 3.63) is 90.0 Å². The molecular weight excluding hydrogens is 574 g/mol. The Labute approximate surface area is 253 Å². The van der Waals surface area contributed by atoms with E-state index in [1.54, 1.807) is 25.2 Å². The summed E-state index contributed by atoms with van der Waals surface area (Å²) >= 11 is 0. The fraction of sp³-hybridized carbons (Fsp3) is 0.406. The molecule has 1 amide bonds. The first-order chi connectivity index (χ1) is 21.0. The summed E-state index contributed by atoms with van der Waals surface area (Å²) in [4.78, 5) is 14.2. The number of nitrogens with zero attached hydrogens (tertiary/aromatic N) is 1. The van der Waals surface area contributed by atoms with E-state index < -0.39 is 10.1 Å². The zero-order valence-corrected chi connectivity index (χ0v) is 25.2. The molecular formula is C32H39NO9S. The maximum atomic E-state index is 12.6. The van der Waals surface area contributed by atoms with Crippen LogP contribution in [0.15, 0.2) is 83.8 Å². The lowest BCUT2D eigenvalue weighted by Gasteiger charge is -2.19. The average Bonchev–Trinajstić information content (AvgIpc) is 3.35. The Hall–Kier alpha value is -3.32. The molecule has 0 saturated heterocycles. The molecule has 0 aromatic heterocycles. The fourth-order valence-electron chi connectivity index (χ4n) is 4.62. The number of amides is 1. The van der Waals surface area contributed by atoms with Gasteiger partial charge < -0.3 is 28.6 Å². The fourth-order valence-corrected chi connectivity index (χ4v) is 5.53. The van der Waals surface area contributed by atoms with E-state index in [4.69, 9.17) is 27.9 Å². The first-order valence-electron chi connectivity index (χ1n) is 14.3. The SMILES string of the molecule is CN(CCOCCOCCOCCOCCOS(=O)(=O)c1ccccc1)C(=O)OCC1c2ccccc2-c2ccccc21. The zero-order chi connectivity index (χ0) is 30.3. The van der Waals surface area contributed by atoms with Crippen molar-refractivity contribution < 1.29 is 41.1 Å². The molecule has 0 saturated carbocycles. The Morgan fingerprint density at radius 1 is 0.651 bits per heavy atom. The minimum absolute atomic E-state index is 0.0283. The molecule has 0 aliphatic heterocycles. The second-order valence-electron chi connectivity index (χ2n) is 9.76. The summed E-state index contributed by atoms with van der Waals surface area (Å²) in [5.41, 5.74) is 4.75. The molecule has 0 atom stereocenters. The largest absolute Gasteiger partial charge is 0.448 e. The Bertz CT molecular complexity index is 1340. The van der Waals surface area contributed by atoms with Crippen LogP contribution in [0.1, 0.15) is 17.0 Å². The topological polar surface area (TPSA) is 110 Å². The molecule has 0 spiro atoms. The minimum Gasteiger partial charge on any atom is -0.448 e. The number of carbonyl (C=O) groups excluding carboxylic acids is 1.